The van der Waals surface area contributed by atoms with Crippen LogP contribution in [0.2, 0.25) is 5.02 Å². The number of rotatable bonds is 6. The van der Waals surface area contributed by atoms with Gasteiger partial charge in [-0.05, 0) is 31.0 Å². The van der Waals surface area contributed by atoms with Gasteiger partial charge in [0, 0.05) is 24.7 Å². The standard InChI is InChI=1S/C13H20ClNO/c1-4-13(15-9-10(2)16-3)11-5-7-12(14)8-6-11/h5-8,10,13,15H,4,9H2,1-3H3. The van der Waals surface area contributed by atoms with E-state index in [9.17, 15) is 0 Å². The van der Waals surface area contributed by atoms with Crippen molar-refractivity contribution in [2.45, 2.75) is 32.4 Å². The molecule has 16 heavy (non-hydrogen) atoms. The van der Waals surface area contributed by atoms with Gasteiger partial charge in [-0.2, -0.15) is 0 Å². The molecule has 0 spiro atoms. The van der Waals surface area contributed by atoms with Gasteiger partial charge in [0.25, 0.3) is 0 Å². The lowest BCUT2D eigenvalue weighted by Crippen LogP contribution is -2.29. The monoisotopic (exact) mass is 241 g/mol. The molecule has 1 aromatic rings. The van der Waals surface area contributed by atoms with E-state index in [1.54, 1.807) is 7.11 Å². The van der Waals surface area contributed by atoms with Crippen molar-refractivity contribution in [2.24, 2.45) is 0 Å². The Kier molecular flexibility index (Phi) is 5.81. The van der Waals surface area contributed by atoms with Gasteiger partial charge >= 0.3 is 0 Å². The van der Waals surface area contributed by atoms with Crippen LogP contribution >= 0.6 is 11.6 Å². The maximum Gasteiger partial charge on any atom is 0.0667 e. The topological polar surface area (TPSA) is 21.3 Å². The third kappa shape index (κ3) is 4.12. The van der Waals surface area contributed by atoms with Gasteiger partial charge < -0.3 is 10.1 Å². The van der Waals surface area contributed by atoms with E-state index < -0.39 is 0 Å². The van der Waals surface area contributed by atoms with Crippen molar-refractivity contribution >= 4 is 11.6 Å². The molecule has 2 unspecified atom stereocenters. The highest BCUT2D eigenvalue weighted by Gasteiger charge is 2.09. The van der Waals surface area contributed by atoms with E-state index in [1.807, 2.05) is 12.1 Å². The number of nitrogens with one attached hydrogen (secondary N) is 1. The zero-order valence-electron chi connectivity index (χ0n) is 10.2. The SMILES string of the molecule is CCC(NCC(C)OC)c1ccc(Cl)cc1. The molecule has 3 heteroatoms. The summed E-state index contributed by atoms with van der Waals surface area (Å²) < 4.78 is 5.22. The second kappa shape index (κ2) is 6.89. The summed E-state index contributed by atoms with van der Waals surface area (Å²) in [5.74, 6) is 0. The van der Waals surface area contributed by atoms with Crippen molar-refractivity contribution in [1.29, 1.82) is 0 Å². The van der Waals surface area contributed by atoms with E-state index in [4.69, 9.17) is 16.3 Å². The van der Waals surface area contributed by atoms with Gasteiger partial charge in [-0.1, -0.05) is 30.7 Å². The fraction of sp³-hybridized carbons (Fsp3) is 0.538. The molecule has 0 aromatic heterocycles. The lowest BCUT2D eigenvalue weighted by molar-refractivity contribution is 0.114. The first-order valence-corrected chi connectivity index (χ1v) is 6.06. The maximum atomic E-state index is 5.87. The summed E-state index contributed by atoms with van der Waals surface area (Å²) in [5.41, 5.74) is 1.27. The van der Waals surface area contributed by atoms with Gasteiger partial charge in [0.15, 0.2) is 0 Å². The van der Waals surface area contributed by atoms with Crippen LogP contribution in [0.25, 0.3) is 0 Å². The largest absolute Gasteiger partial charge is 0.380 e. The highest BCUT2D eigenvalue weighted by molar-refractivity contribution is 6.30. The molecule has 0 saturated heterocycles. The zero-order valence-corrected chi connectivity index (χ0v) is 10.9. The Hall–Kier alpha value is -0.570. The number of ether oxygens (including phenoxy) is 1. The summed E-state index contributed by atoms with van der Waals surface area (Å²) in [6.45, 7) is 5.09. The van der Waals surface area contributed by atoms with Crippen LogP contribution in [0.1, 0.15) is 31.9 Å². The highest BCUT2D eigenvalue weighted by Crippen LogP contribution is 2.19. The Bertz CT molecular complexity index is 299. The molecule has 1 N–H and O–H groups in total. The van der Waals surface area contributed by atoms with Crippen LogP contribution in [0.3, 0.4) is 0 Å². The first-order valence-electron chi connectivity index (χ1n) is 5.69. The second-order valence-corrected chi connectivity index (χ2v) is 4.40. The van der Waals surface area contributed by atoms with Crippen LogP contribution in [0.15, 0.2) is 24.3 Å². The van der Waals surface area contributed by atoms with Crippen LogP contribution in [0, 0.1) is 0 Å². The minimum atomic E-state index is 0.237. The molecule has 0 saturated carbocycles. The van der Waals surface area contributed by atoms with Crippen molar-refractivity contribution < 1.29 is 4.74 Å². The van der Waals surface area contributed by atoms with Crippen LogP contribution in [-0.4, -0.2) is 19.8 Å². The highest BCUT2D eigenvalue weighted by atomic mass is 35.5. The van der Waals surface area contributed by atoms with Gasteiger partial charge in [0.05, 0.1) is 6.10 Å². The molecule has 2 atom stereocenters. The number of benzene rings is 1. The van der Waals surface area contributed by atoms with Crippen molar-refractivity contribution in [3.05, 3.63) is 34.9 Å². The Morgan fingerprint density at radius 1 is 1.31 bits per heavy atom. The molecule has 2 nitrogen and oxygen atoms in total. The Labute approximate surface area is 103 Å². The van der Waals surface area contributed by atoms with E-state index in [1.165, 1.54) is 5.56 Å². The van der Waals surface area contributed by atoms with Crippen molar-refractivity contribution in [1.82, 2.24) is 5.32 Å². The quantitative estimate of drug-likeness (QED) is 0.824. The van der Waals surface area contributed by atoms with E-state index in [0.717, 1.165) is 18.0 Å². The molecule has 0 heterocycles. The van der Waals surface area contributed by atoms with Crippen LogP contribution in [0.4, 0.5) is 0 Å². The predicted molar refractivity (Wildman–Crippen MR) is 69.0 cm³/mol. The number of hydrogen-bond acceptors (Lipinski definition) is 2. The van der Waals surface area contributed by atoms with Gasteiger partial charge in [-0.25, -0.2) is 0 Å². The van der Waals surface area contributed by atoms with Gasteiger partial charge in [-0.15, -0.1) is 0 Å². The first kappa shape index (κ1) is 13.5. The minimum absolute atomic E-state index is 0.237. The van der Waals surface area contributed by atoms with Crippen molar-refractivity contribution in [3.8, 4) is 0 Å². The second-order valence-electron chi connectivity index (χ2n) is 3.97. The molecule has 0 radical (unpaired) electrons. The normalized spacial score (nSPS) is 14.8. The van der Waals surface area contributed by atoms with Gasteiger partial charge in [-0.3, -0.25) is 0 Å². The van der Waals surface area contributed by atoms with Crippen molar-refractivity contribution in [3.63, 3.8) is 0 Å². The van der Waals surface area contributed by atoms with E-state index >= 15 is 0 Å². The lowest BCUT2D eigenvalue weighted by atomic mass is 10.0. The molecule has 0 amide bonds. The van der Waals surface area contributed by atoms with Crippen molar-refractivity contribution in [2.75, 3.05) is 13.7 Å². The van der Waals surface area contributed by atoms with Crippen LogP contribution < -0.4 is 5.32 Å². The minimum Gasteiger partial charge on any atom is -0.380 e. The number of methoxy groups -OCH3 is 1. The average Bonchev–Trinajstić information content (AvgIpc) is 2.31. The zero-order chi connectivity index (χ0) is 12.0. The van der Waals surface area contributed by atoms with Crippen LogP contribution in [0.5, 0.6) is 0 Å². The molecule has 0 aliphatic carbocycles. The molecule has 0 aliphatic heterocycles. The molecular weight excluding hydrogens is 222 g/mol. The molecule has 0 fully saturated rings. The molecule has 90 valence electrons. The van der Waals surface area contributed by atoms with Gasteiger partial charge in [0.1, 0.15) is 0 Å². The molecule has 0 bridgehead atoms. The smallest absolute Gasteiger partial charge is 0.0667 e. The summed E-state index contributed by atoms with van der Waals surface area (Å²) >= 11 is 5.87. The van der Waals surface area contributed by atoms with E-state index in [-0.39, 0.29) is 6.10 Å². The van der Waals surface area contributed by atoms with Gasteiger partial charge in [0.2, 0.25) is 0 Å². The fourth-order valence-corrected chi connectivity index (χ4v) is 1.71. The first-order chi connectivity index (χ1) is 7.67. The average molecular weight is 242 g/mol. The summed E-state index contributed by atoms with van der Waals surface area (Å²) in [7, 11) is 1.73. The fourth-order valence-electron chi connectivity index (χ4n) is 1.58. The lowest BCUT2D eigenvalue weighted by Gasteiger charge is -2.19. The number of halogens is 1. The summed E-state index contributed by atoms with van der Waals surface area (Å²) in [4.78, 5) is 0. The molecular formula is C13H20ClNO. The molecule has 0 aliphatic rings. The van der Waals surface area contributed by atoms with E-state index in [2.05, 4.69) is 31.3 Å². The summed E-state index contributed by atoms with van der Waals surface area (Å²) in [6.07, 6.45) is 1.29. The molecule has 1 aromatic carbocycles. The Balaban J connectivity index is 2.57. The summed E-state index contributed by atoms with van der Waals surface area (Å²) in [5, 5.41) is 4.27. The molecule has 1 rings (SSSR count). The summed E-state index contributed by atoms with van der Waals surface area (Å²) in [6, 6.07) is 8.37. The predicted octanol–water partition coefficient (Wildman–Crippen LogP) is 3.42. The maximum absolute atomic E-state index is 5.87. The van der Waals surface area contributed by atoms with E-state index in [0.29, 0.717) is 6.04 Å². The third-order valence-corrected chi connectivity index (χ3v) is 2.99. The number of hydrogen-bond donors (Lipinski definition) is 1. The third-order valence-electron chi connectivity index (χ3n) is 2.73. The Morgan fingerprint density at radius 2 is 1.94 bits per heavy atom. The Morgan fingerprint density at radius 3 is 2.44 bits per heavy atom. The van der Waals surface area contributed by atoms with Crippen LogP contribution in [-0.2, 0) is 4.74 Å².